The van der Waals surface area contributed by atoms with E-state index in [4.69, 9.17) is 0 Å². The van der Waals surface area contributed by atoms with Gasteiger partial charge < -0.3 is 5.32 Å². The zero-order chi connectivity index (χ0) is 13.8. The van der Waals surface area contributed by atoms with Gasteiger partial charge in [-0.25, -0.2) is 4.39 Å². The van der Waals surface area contributed by atoms with Crippen LogP contribution in [0.25, 0.3) is 0 Å². The van der Waals surface area contributed by atoms with Gasteiger partial charge in [0.05, 0.1) is 0 Å². The van der Waals surface area contributed by atoms with Crippen molar-refractivity contribution in [3.05, 3.63) is 70.0 Å². The number of hydrogen-bond donors (Lipinski definition) is 1. The number of aryl methyl sites for hydroxylation is 3. The Morgan fingerprint density at radius 1 is 0.895 bits per heavy atom. The molecule has 2 heteroatoms. The predicted octanol–water partition coefficient (Wildman–Crippen LogP) is 4.04. The molecule has 19 heavy (non-hydrogen) atoms. The van der Waals surface area contributed by atoms with E-state index in [1.54, 1.807) is 12.1 Å². The molecule has 0 saturated carbocycles. The summed E-state index contributed by atoms with van der Waals surface area (Å²) >= 11 is 0. The number of hydrogen-bond acceptors (Lipinski definition) is 1. The Hall–Kier alpha value is -1.67. The van der Waals surface area contributed by atoms with Crippen LogP contribution in [0.4, 0.5) is 4.39 Å². The third-order valence-corrected chi connectivity index (χ3v) is 3.49. The van der Waals surface area contributed by atoms with Crippen LogP contribution in [0.15, 0.2) is 36.4 Å². The molecule has 1 nitrogen and oxygen atoms in total. The van der Waals surface area contributed by atoms with Crippen molar-refractivity contribution < 1.29 is 4.39 Å². The summed E-state index contributed by atoms with van der Waals surface area (Å²) in [6.45, 7) is 7.89. The first-order chi connectivity index (χ1) is 9.06. The average Bonchev–Trinajstić information content (AvgIpc) is 2.35. The fraction of sp³-hybridized carbons (Fsp3) is 0.294. The van der Waals surface area contributed by atoms with Crippen LogP contribution >= 0.6 is 0 Å². The molecule has 0 aliphatic heterocycles. The first-order valence-electron chi connectivity index (χ1n) is 6.58. The Labute approximate surface area is 114 Å². The van der Waals surface area contributed by atoms with Crippen LogP contribution in [0.1, 0.15) is 27.8 Å². The van der Waals surface area contributed by atoms with Crippen LogP contribution < -0.4 is 5.32 Å². The standard InChI is InChI=1S/C17H20FN/c1-12-7-14(3)16(8-13(12)2)11-19-10-15-5-4-6-17(18)9-15/h4-9,19H,10-11H2,1-3H3. The second-order valence-electron chi connectivity index (χ2n) is 5.10. The second-order valence-corrected chi connectivity index (χ2v) is 5.10. The Morgan fingerprint density at radius 2 is 1.63 bits per heavy atom. The zero-order valence-corrected chi connectivity index (χ0v) is 11.8. The molecule has 0 radical (unpaired) electrons. The molecule has 0 saturated heterocycles. The Morgan fingerprint density at radius 3 is 2.37 bits per heavy atom. The smallest absolute Gasteiger partial charge is 0.123 e. The third-order valence-electron chi connectivity index (χ3n) is 3.49. The number of rotatable bonds is 4. The molecule has 1 N–H and O–H groups in total. The lowest BCUT2D eigenvalue weighted by atomic mass is 10.0. The highest BCUT2D eigenvalue weighted by Crippen LogP contribution is 2.15. The summed E-state index contributed by atoms with van der Waals surface area (Å²) < 4.78 is 13.1. The highest BCUT2D eigenvalue weighted by Gasteiger charge is 2.02. The van der Waals surface area contributed by atoms with Gasteiger partial charge in [-0.05, 0) is 60.7 Å². The van der Waals surface area contributed by atoms with Crippen LogP contribution in [-0.4, -0.2) is 0 Å². The summed E-state index contributed by atoms with van der Waals surface area (Å²) in [5.74, 6) is -0.179. The average molecular weight is 257 g/mol. The van der Waals surface area contributed by atoms with E-state index < -0.39 is 0 Å². The second kappa shape index (κ2) is 5.98. The van der Waals surface area contributed by atoms with E-state index in [1.807, 2.05) is 6.07 Å². The maximum absolute atomic E-state index is 13.1. The molecule has 100 valence electrons. The summed E-state index contributed by atoms with van der Waals surface area (Å²) in [6.07, 6.45) is 0. The predicted molar refractivity (Wildman–Crippen MR) is 77.6 cm³/mol. The van der Waals surface area contributed by atoms with Crippen molar-refractivity contribution in [2.24, 2.45) is 0 Å². The first kappa shape index (κ1) is 13.8. The van der Waals surface area contributed by atoms with E-state index >= 15 is 0 Å². The Kier molecular flexibility index (Phi) is 4.33. The van der Waals surface area contributed by atoms with E-state index in [0.29, 0.717) is 6.54 Å². The quantitative estimate of drug-likeness (QED) is 0.871. The molecule has 2 aromatic carbocycles. The maximum atomic E-state index is 13.1. The lowest BCUT2D eigenvalue weighted by molar-refractivity contribution is 0.620. The summed E-state index contributed by atoms with van der Waals surface area (Å²) in [6, 6.07) is 11.2. The fourth-order valence-electron chi connectivity index (χ4n) is 2.20. The van der Waals surface area contributed by atoms with Gasteiger partial charge in [0.2, 0.25) is 0 Å². The summed E-state index contributed by atoms with van der Waals surface area (Å²) in [5.41, 5.74) is 6.22. The van der Waals surface area contributed by atoms with Crippen molar-refractivity contribution >= 4 is 0 Å². The van der Waals surface area contributed by atoms with Gasteiger partial charge >= 0.3 is 0 Å². The van der Waals surface area contributed by atoms with Crippen LogP contribution in [0.3, 0.4) is 0 Å². The van der Waals surface area contributed by atoms with Crippen LogP contribution in [-0.2, 0) is 13.1 Å². The van der Waals surface area contributed by atoms with E-state index in [0.717, 1.165) is 12.1 Å². The normalized spacial score (nSPS) is 10.7. The molecule has 0 aliphatic rings. The van der Waals surface area contributed by atoms with Crippen molar-refractivity contribution in [3.8, 4) is 0 Å². The SMILES string of the molecule is Cc1cc(C)c(CNCc2cccc(F)c2)cc1C. The molecular formula is C17H20FN. The molecule has 0 spiro atoms. The Bertz CT molecular complexity index is 575. The van der Waals surface area contributed by atoms with Crippen LogP contribution in [0.5, 0.6) is 0 Å². The summed E-state index contributed by atoms with van der Waals surface area (Å²) in [5, 5.41) is 3.37. The highest BCUT2D eigenvalue weighted by molar-refractivity contribution is 5.36. The third kappa shape index (κ3) is 3.65. The summed E-state index contributed by atoms with van der Waals surface area (Å²) in [7, 11) is 0. The molecule has 0 fully saturated rings. The van der Waals surface area contributed by atoms with E-state index in [2.05, 4.69) is 38.2 Å². The largest absolute Gasteiger partial charge is 0.309 e. The molecule has 2 rings (SSSR count). The molecule has 0 aromatic heterocycles. The van der Waals surface area contributed by atoms with Crippen molar-refractivity contribution in [1.29, 1.82) is 0 Å². The molecule has 0 amide bonds. The highest BCUT2D eigenvalue weighted by atomic mass is 19.1. The topological polar surface area (TPSA) is 12.0 Å². The lowest BCUT2D eigenvalue weighted by Crippen LogP contribution is -2.14. The molecule has 0 atom stereocenters. The van der Waals surface area contributed by atoms with Gasteiger partial charge in [-0.3, -0.25) is 0 Å². The van der Waals surface area contributed by atoms with Gasteiger partial charge in [0.1, 0.15) is 5.82 Å². The number of benzene rings is 2. The maximum Gasteiger partial charge on any atom is 0.123 e. The van der Waals surface area contributed by atoms with Gasteiger partial charge in [0.15, 0.2) is 0 Å². The molecule has 2 aromatic rings. The van der Waals surface area contributed by atoms with E-state index in [9.17, 15) is 4.39 Å². The molecule has 0 unspecified atom stereocenters. The minimum atomic E-state index is -0.179. The zero-order valence-electron chi connectivity index (χ0n) is 11.8. The minimum Gasteiger partial charge on any atom is -0.309 e. The van der Waals surface area contributed by atoms with Gasteiger partial charge in [0, 0.05) is 13.1 Å². The van der Waals surface area contributed by atoms with Crippen molar-refractivity contribution in [2.75, 3.05) is 0 Å². The van der Waals surface area contributed by atoms with Crippen LogP contribution in [0, 0.1) is 26.6 Å². The van der Waals surface area contributed by atoms with Gasteiger partial charge in [-0.2, -0.15) is 0 Å². The molecule has 0 bridgehead atoms. The van der Waals surface area contributed by atoms with E-state index in [1.165, 1.54) is 28.3 Å². The van der Waals surface area contributed by atoms with Crippen molar-refractivity contribution in [3.63, 3.8) is 0 Å². The minimum absolute atomic E-state index is 0.179. The molecule has 0 heterocycles. The van der Waals surface area contributed by atoms with Crippen molar-refractivity contribution in [1.82, 2.24) is 5.32 Å². The number of halogens is 1. The Balaban J connectivity index is 1.98. The molecule has 0 aliphatic carbocycles. The van der Waals surface area contributed by atoms with Gasteiger partial charge in [-0.1, -0.05) is 24.3 Å². The fourth-order valence-corrected chi connectivity index (χ4v) is 2.20. The van der Waals surface area contributed by atoms with Crippen LogP contribution in [0.2, 0.25) is 0 Å². The van der Waals surface area contributed by atoms with Gasteiger partial charge in [0.25, 0.3) is 0 Å². The number of nitrogens with one attached hydrogen (secondary N) is 1. The van der Waals surface area contributed by atoms with Crippen molar-refractivity contribution in [2.45, 2.75) is 33.9 Å². The van der Waals surface area contributed by atoms with E-state index in [-0.39, 0.29) is 5.82 Å². The summed E-state index contributed by atoms with van der Waals surface area (Å²) in [4.78, 5) is 0. The molecular weight excluding hydrogens is 237 g/mol. The monoisotopic (exact) mass is 257 g/mol. The first-order valence-corrected chi connectivity index (χ1v) is 6.58. The lowest BCUT2D eigenvalue weighted by Gasteiger charge is -2.11. The van der Waals surface area contributed by atoms with Gasteiger partial charge in [-0.15, -0.1) is 0 Å².